The molecule has 106 valence electrons. The van der Waals surface area contributed by atoms with Gasteiger partial charge < -0.3 is 4.74 Å². The number of ether oxygens (including phenoxy) is 1. The van der Waals surface area contributed by atoms with E-state index in [1.54, 1.807) is 0 Å². The lowest BCUT2D eigenvalue weighted by Crippen LogP contribution is -2.18. The third kappa shape index (κ3) is 2.40. The second kappa shape index (κ2) is 5.23. The van der Waals surface area contributed by atoms with Gasteiger partial charge in [-0.25, -0.2) is 0 Å². The van der Waals surface area contributed by atoms with Gasteiger partial charge in [-0.3, -0.25) is 14.9 Å². The van der Waals surface area contributed by atoms with Gasteiger partial charge in [-0.2, -0.15) is 0 Å². The number of aldehydes is 1. The smallest absolute Gasteiger partial charge is 0.310 e. The molecule has 0 saturated heterocycles. The predicted octanol–water partition coefficient (Wildman–Crippen LogP) is 3.22. The van der Waals surface area contributed by atoms with E-state index in [0.717, 1.165) is 5.92 Å². The van der Waals surface area contributed by atoms with Crippen LogP contribution >= 0.6 is 0 Å². The highest BCUT2D eigenvalue weighted by Gasteiger charge is 2.39. The van der Waals surface area contributed by atoms with E-state index in [0.29, 0.717) is 30.3 Å². The van der Waals surface area contributed by atoms with Gasteiger partial charge in [-0.15, -0.1) is 0 Å². The fraction of sp³-hybridized carbons (Fsp3) is 0.533. The number of fused-ring (bicyclic) bond motifs is 2. The Labute approximate surface area is 117 Å². The second-order valence-corrected chi connectivity index (χ2v) is 5.85. The van der Waals surface area contributed by atoms with Crippen molar-refractivity contribution in [2.75, 3.05) is 6.61 Å². The first-order chi connectivity index (χ1) is 9.67. The molecule has 0 amide bonds. The molecule has 3 rings (SSSR count). The molecule has 2 aliphatic rings. The monoisotopic (exact) mass is 275 g/mol. The van der Waals surface area contributed by atoms with Crippen molar-refractivity contribution >= 4 is 12.0 Å². The van der Waals surface area contributed by atoms with Gasteiger partial charge in [-0.05, 0) is 49.1 Å². The average molecular weight is 275 g/mol. The molecule has 3 unspecified atom stereocenters. The van der Waals surface area contributed by atoms with Crippen LogP contribution in [0.2, 0.25) is 0 Å². The van der Waals surface area contributed by atoms with Crippen LogP contribution in [0, 0.1) is 27.9 Å². The summed E-state index contributed by atoms with van der Waals surface area (Å²) in [6.07, 6.45) is 5.71. The van der Waals surface area contributed by atoms with E-state index in [2.05, 4.69) is 0 Å². The summed E-state index contributed by atoms with van der Waals surface area (Å²) in [4.78, 5) is 21.3. The molecule has 1 aromatic carbocycles. The van der Waals surface area contributed by atoms with E-state index in [1.807, 2.05) is 0 Å². The zero-order valence-corrected chi connectivity index (χ0v) is 11.2. The Kier molecular flexibility index (Phi) is 3.42. The number of hydrogen-bond donors (Lipinski definition) is 0. The largest absolute Gasteiger partial charge is 0.486 e. The summed E-state index contributed by atoms with van der Waals surface area (Å²) in [5.41, 5.74) is 0.331. The highest BCUT2D eigenvalue weighted by molar-refractivity contribution is 5.76. The number of hydrogen-bond acceptors (Lipinski definition) is 4. The summed E-state index contributed by atoms with van der Waals surface area (Å²) in [6.45, 7) is 0.518. The van der Waals surface area contributed by atoms with E-state index < -0.39 is 4.92 Å². The molecule has 3 atom stereocenters. The average Bonchev–Trinajstić information content (AvgIpc) is 3.07. The fourth-order valence-electron chi connectivity index (χ4n) is 3.65. The maximum absolute atomic E-state index is 11.0. The SMILES string of the molecule is O=Cc1ccc([N+](=O)[O-])c(OCC2CC3CCC2C3)c1. The van der Waals surface area contributed by atoms with Crippen molar-refractivity contribution in [3.05, 3.63) is 33.9 Å². The number of nitrogens with zero attached hydrogens (tertiary/aromatic N) is 1. The van der Waals surface area contributed by atoms with E-state index in [-0.39, 0.29) is 11.4 Å². The van der Waals surface area contributed by atoms with Crippen molar-refractivity contribution in [3.8, 4) is 5.75 Å². The third-order valence-corrected chi connectivity index (χ3v) is 4.65. The molecule has 2 bridgehead atoms. The van der Waals surface area contributed by atoms with E-state index in [4.69, 9.17) is 4.74 Å². The van der Waals surface area contributed by atoms with Gasteiger partial charge in [0.2, 0.25) is 0 Å². The zero-order chi connectivity index (χ0) is 14.1. The number of carbonyl (C=O) groups excluding carboxylic acids is 1. The number of nitro benzene ring substituents is 1. The van der Waals surface area contributed by atoms with Crippen LogP contribution in [0.3, 0.4) is 0 Å². The van der Waals surface area contributed by atoms with Crippen molar-refractivity contribution in [2.45, 2.75) is 25.7 Å². The molecular formula is C15H17NO4. The molecule has 0 heterocycles. The molecule has 0 spiro atoms. The molecule has 20 heavy (non-hydrogen) atoms. The summed E-state index contributed by atoms with van der Waals surface area (Å²) in [6, 6.07) is 4.23. The normalized spacial score (nSPS) is 27.5. The standard InChI is InChI=1S/C15H17NO4/c17-8-11-2-4-14(16(18)19)15(7-11)20-9-13-6-10-1-3-12(13)5-10/h2,4,7-8,10,12-13H,1,3,5-6,9H2. The second-order valence-electron chi connectivity index (χ2n) is 5.85. The van der Waals surface area contributed by atoms with Crippen molar-refractivity contribution in [1.29, 1.82) is 0 Å². The minimum atomic E-state index is -0.468. The van der Waals surface area contributed by atoms with Crippen LogP contribution in [0.25, 0.3) is 0 Å². The first-order valence-electron chi connectivity index (χ1n) is 7.04. The molecule has 0 aliphatic heterocycles. The Hall–Kier alpha value is -1.91. The zero-order valence-electron chi connectivity index (χ0n) is 11.2. The van der Waals surface area contributed by atoms with Crippen LogP contribution in [0.15, 0.2) is 18.2 Å². The van der Waals surface area contributed by atoms with Crippen molar-refractivity contribution in [3.63, 3.8) is 0 Å². The van der Waals surface area contributed by atoms with E-state index >= 15 is 0 Å². The molecule has 2 aliphatic carbocycles. The Morgan fingerprint density at radius 3 is 2.80 bits per heavy atom. The lowest BCUT2D eigenvalue weighted by atomic mass is 9.89. The molecule has 0 N–H and O–H groups in total. The lowest BCUT2D eigenvalue weighted by Gasteiger charge is -2.21. The number of carbonyl (C=O) groups is 1. The maximum Gasteiger partial charge on any atom is 0.310 e. The first kappa shape index (κ1) is 13.1. The molecular weight excluding hydrogens is 258 g/mol. The van der Waals surface area contributed by atoms with Crippen LogP contribution in [-0.2, 0) is 0 Å². The lowest BCUT2D eigenvalue weighted by molar-refractivity contribution is -0.385. The van der Waals surface area contributed by atoms with E-state index in [9.17, 15) is 14.9 Å². The summed E-state index contributed by atoms with van der Waals surface area (Å²) in [5.74, 6) is 2.26. The highest BCUT2D eigenvalue weighted by atomic mass is 16.6. The van der Waals surface area contributed by atoms with Gasteiger partial charge in [0.05, 0.1) is 11.5 Å². The minimum Gasteiger partial charge on any atom is -0.486 e. The maximum atomic E-state index is 11.0. The van der Waals surface area contributed by atoms with Gasteiger partial charge in [0, 0.05) is 11.6 Å². The van der Waals surface area contributed by atoms with Gasteiger partial charge in [0.15, 0.2) is 5.75 Å². The third-order valence-electron chi connectivity index (χ3n) is 4.65. The first-order valence-corrected chi connectivity index (χ1v) is 7.04. The molecule has 2 fully saturated rings. The van der Waals surface area contributed by atoms with Gasteiger partial charge in [-0.1, -0.05) is 6.42 Å². The summed E-state index contributed by atoms with van der Waals surface area (Å²) < 4.78 is 5.68. The fourth-order valence-corrected chi connectivity index (χ4v) is 3.65. The summed E-state index contributed by atoms with van der Waals surface area (Å²) >= 11 is 0. The molecule has 1 aromatic rings. The number of rotatable bonds is 5. The highest BCUT2D eigenvalue weighted by Crippen LogP contribution is 2.48. The van der Waals surface area contributed by atoms with Gasteiger partial charge in [0.25, 0.3) is 0 Å². The van der Waals surface area contributed by atoms with E-state index in [1.165, 1.54) is 43.9 Å². The Balaban J connectivity index is 1.72. The van der Waals surface area contributed by atoms with Crippen LogP contribution in [-0.4, -0.2) is 17.8 Å². The van der Waals surface area contributed by atoms with Gasteiger partial charge in [0.1, 0.15) is 6.29 Å². The van der Waals surface area contributed by atoms with Crippen molar-refractivity contribution in [1.82, 2.24) is 0 Å². The predicted molar refractivity (Wildman–Crippen MR) is 72.9 cm³/mol. The topological polar surface area (TPSA) is 69.4 Å². The Morgan fingerprint density at radius 1 is 1.35 bits per heavy atom. The molecule has 5 nitrogen and oxygen atoms in total. The van der Waals surface area contributed by atoms with Crippen molar-refractivity contribution < 1.29 is 14.5 Å². The quantitative estimate of drug-likeness (QED) is 0.470. The molecule has 0 aromatic heterocycles. The molecule has 2 saturated carbocycles. The Bertz CT molecular complexity index is 543. The van der Waals surface area contributed by atoms with Crippen LogP contribution in [0.4, 0.5) is 5.69 Å². The summed E-state index contributed by atoms with van der Waals surface area (Å²) in [7, 11) is 0. The van der Waals surface area contributed by atoms with Crippen LogP contribution in [0.5, 0.6) is 5.75 Å². The number of benzene rings is 1. The van der Waals surface area contributed by atoms with Crippen LogP contribution < -0.4 is 4.74 Å². The van der Waals surface area contributed by atoms with Gasteiger partial charge >= 0.3 is 5.69 Å². The number of nitro groups is 1. The molecule has 0 radical (unpaired) electrons. The van der Waals surface area contributed by atoms with Crippen LogP contribution in [0.1, 0.15) is 36.0 Å². The Morgan fingerprint density at radius 2 is 2.20 bits per heavy atom. The van der Waals surface area contributed by atoms with Crippen molar-refractivity contribution in [2.24, 2.45) is 17.8 Å². The molecule has 5 heteroatoms. The summed E-state index contributed by atoms with van der Waals surface area (Å²) in [5, 5.41) is 11.0. The minimum absolute atomic E-state index is 0.0706.